The van der Waals surface area contributed by atoms with E-state index in [1.165, 1.54) is 0 Å². The van der Waals surface area contributed by atoms with Gasteiger partial charge in [0.05, 0.1) is 18.6 Å². The van der Waals surface area contributed by atoms with Crippen molar-refractivity contribution in [2.45, 2.75) is 20.3 Å². The number of carbonyl (C=O) groups excluding carboxylic acids is 1. The molecule has 8 heteroatoms. The van der Waals surface area contributed by atoms with Crippen LogP contribution in [0.2, 0.25) is 0 Å². The van der Waals surface area contributed by atoms with Gasteiger partial charge in [0.1, 0.15) is 11.3 Å². The van der Waals surface area contributed by atoms with Crippen LogP contribution in [0.3, 0.4) is 0 Å². The van der Waals surface area contributed by atoms with Crippen molar-refractivity contribution < 1.29 is 23.4 Å². The Hall–Kier alpha value is -2.90. The number of guanidine groups is 1. The number of rotatable bonds is 7. The third-order valence-corrected chi connectivity index (χ3v) is 3.16. The van der Waals surface area contributed by atoms with Gasteiger partial charge in [0.25, 0.3) is 5.95 Å². The van der Waals surface area contributed by atoms with Gasteiger partial charge in [-0.3, -0.25) is 4.99 Å². The monoisotopic (exact) mass is 335 g/mol. The minimum absolute atomic E-state index is 0.0588. The summed E-state index contributed by atoms with van der Waals surface area (Å²) in [5.41, 5.74) is 11.8. The van der Waals surface area contributed by atoms with Crippen LogP contribution >= 0.6 is 0 Å². The molecule has 0 aliphatic heterocycles. The Morgan fingerprint density at radius 2 is 2.12 bits per heavy atom. The zero-order valence-electron chi connectivity index (χ0n) is 13.7. The topological polar surface area (TPSA) is 122 Å². The van der Waals surface area contributed by atoms with E-state index >= 15 is 0 Å². The highest BCUT2D eigenvalue weighted by Gasteiger charge is 2.19. The van der Waals surface area contributed by atoms with Crippen LogP contribution in [-0.4, -0.2) is 31.9 Å². The molecule has 1 aromatic heterocycles. The van der Waals surface area contributed by atoms with Crippen LogP contribution < -0.4 is 20.9 Å². The van der Waals surface area contributed by atoms with Gasteiger partial charge < -0.3 is 30.1 Å². The van der Waals surface area contributed by atoms with Crippen molar-refractivity contribution in [2.75, 3.05) is 19.8 Å². The molecular formula is C16H21N3O5. The summed E-state index contributed by atoms with van der Waals surface area (Å²) in [5, 5.41) is 0.749. The van der Waals surface area contributed by atoms with Gasteiger partial charge in [0.15, 0.2) is 5.96 Å². The number of aliphatic imine (C=N–C) groups is 1. The molecule has 0 spiro atoms. The van der Waals surface area contributed by atoms with Crippen LogP contribution in [0.1, 0.15) is 18.9 Å². The van der Waals surface area contributed by atoms with E-state index in [1.807, 2.05) is 6.07 Å². The highest BCUT2D eigenvalue weighted by molar-refractivity contribution is 5.89. The largest absolute Gasteiger partial charge is 0.516 e. The van der Waals surface area contributed by atoms with Crippen LogP contribution in [-0.2, 0) is 4.74 Å². The molecule has 0 aliphatic rings. The Morgan fingerprint density at radius 3 is 2.83 bits per heavy atom. The maximum absolute atomic E-state index is 11.5. The third kappa shape index (κ3) is 4.31. The van der Waals surface area contributed by atoms with Crippen molar-refractivity contribution in [2.24, 2.45) is 16.5 Å². The molecule has 0 amide bonds. The lowest BCUT2D eigenvalue weighted by atomic mass is 10.1. The molecule has 2 rings (SSSR count). The molecule has 4 N–H and O–H groups in total. The molecule has 2 aromatic rings. The number of hydrogen-bond donors (Lipinski definition) is 2. The second kappa shape index (κ2) is 8.09. The van der Waals surface area contributed by atoms with Gasteiger partial charge in [-0.25, -0.2) is 4.79 Å². The van der Waals surface area contributed by atoms with Gasteiger partial charge in [0.2, 0.25) is 0 Å². The minimum Gasteiger partial charge on any atom is -0.493 e. The van der Waals surface area contributed by atoms with Gasteiger partial charge in [-0.05, 0) is 26.0 Å². The van der Waals surface area contributed by atoms with Crippen molar-refractivity contribution in [3.05, 3.63) is 23.8 Å². The highest BCUT2D eigenvalue weighted by Crippen LogP contribution is 2.37. The lowest BCUT2D eigenvalue weighted by Gasteiger charge is -2.06. The third-order valence-electron chi connectivity index (χ3n) is 3.16. The summed E-state index contributed by atoms with van der Waals surface area (Å²) in [6.07, 6.45) is -0.142. The Kier molecular flexibility index (Phi) is 5.89. The van der Waals surface area contributed by atoms with E-state index < -0.39 is 6.16 Å². The van der Waals surface area contributed by atoms with E-state index in [0.717, 1.165) is 5.39 Å². The summed E-state index contributed by atoms with van der Waals surface area (Å²) in [5.74, 6) is 0.792. The molecule has 0 saturated carbocycles. The van der Waals surface area contributed by atoms with Crippen molar-refractivity contribution in [3.63, 3.8) is 0 Å². The number of carbonyl (C=O) groups is 1. The molecule has 8 nitrogen and oxygen atoms in total. The van der Waals surface area contributed by atoms with E-state index in [2.05, 4.69) is 4.99 Å². The number of benzene rings is 1. The number of nitrogens with two attached hydrogens (primary N) is 2. The second-order valence-corrected chi connectivity index (χ2v) is 4.94. The SMILES string of the molecule is CCOC(=O)Oc1oc2cccc(OCCCN=C(N)N)c2c1C. The second-order valence-electron chi connectivity index (χ2n) is 4.94. The van der Waals surface area contributed by atoms with Gasteiger partial charge in [-0.2, -0.15) is 0 Å². The number of fused-ring (bicyclic) bond motifs is 1. The fourth-order valence-electron chi connectivity index (χ4n) is 2.14. The molecule has 1 heterocycles. The number of nitrogens with zero attached hydrogens (tertiary/aromatic N) is 1. The summed E-state index contributed by atoms with van der Waals surface area (Å²) >= 11 is 0. The lowest BCUT2D eigenvalue weighted by molar-refractivity contribution is 0.0953. The Bertz CT molecular complexity index is 735. The van der Waals surface area contributed by atoms with Gasteiger partial charge in [0, 0.05) is 18.5 Å². The summed E-state index contributed by atoms with van der Waals surface area (Å²) in [7, 11) is 0. The van der Waals surface area contributed by atoms with E-state index in [0.29, 0.717) is 36.5 Å². The first-order valence-corrected chi connectivity index (χ1v) is 7.57. The first kappa shape index (κ1) is 17.5. The van der Waals surface area contributed by atoms with Crippen LogP contribution in [0.15, 0.2) is 27.6 Å². The van der Waals surface area contributed by atoms with E-state index in [1.54, 1.807) is 26.0 Å². The zero-order valence-corrected chi connectivity index (χ0v) is 13.7. The summed E-state index contributed by atoms with van der Waals surface area (Å²) in [4.78, 5) is 15.3. The Balaban J connectivity index is 2.12. The average molecular weight is 335 g/mol. The van der Waals surface area contributed by atoms with E-state index in [9.17, 15) is 4.79 Å². The quantitative estimate of drug-likeness (QED) is 0.344. The first-order chi connectivity index (χ1) is 11.5. The number of furan rings is 1. The van der Waals surface area contributed by atoms with Crippen LogP contribution in [0.5, 0.6) is 11.7 Å². The molecular weight excluding hydrogens is 314 g/mol. The maximum atomic E-state index is 11.5. The standard InChI is InChI=1S/C16H21N3O5/c1-3-21-16(20)24-14-10(2)13-11(6-4-7-12(13)23-14)22-9-5-8-19-15(17)18/h4,6-7H,3,5,8-9H2,1-2H3,(H4,17,18,19). The fraction of sp³-hybridized carbons (Fsp3) is 0.375. The first-order valence-electron chi connectivity index (χ1n) is 7.57. The average Bonchev–Trinajstić information content (AvgIpc) is 2.84. The van der Waals surface area contributed by atoms with Gasteiger partial charge in [-0.15, -0.1) is 0 Å². The number of ether oxygens (including phenoxy) is 3. The maximum Gasteiger partial charge on any atom is 0.516 e. The van der Waals surface area contributed by atoms with Crippen LogP contribution in [0, 0.1) is 6.92 Å². The number of hydrogen-bond acceptors (Lipinski definition) is 6. The molecule has 0 saturated heterocycles. The smallest absolute Gasteiger partial charge is 0.493 e. The minimum atomic E-state index is -0.806. The van der Waals surface area contributed by atoms with Gasteiger partial charge in [-0.1, -0.05) is 6.07 Å². The fourth-order valence-corrected chi connectivity index (χ4v) is 2.14. The molecule has 1 aromatic carbocycles. The zero-order chi connectivity index (χ0) is 17.5. The predicted octanol–water partition coefficient (Wildman–Crippen LogP) is 2.32. The molecule has 0 bridgehead atoms. The molecule has 0 fully saturated rings. The van der Waals surface area contributed by atoms with Crippen molar-refractivity contribution in [3.8, 4) is 11.7 Å². The Labute approximate surface area is 139 Å². The lowest BCUT2D eigenvalue weighted by Crippen LogP contribution is -2.23. The molecule has 0 radical (unpaired) electrons. The molecule has 0 unspecified atom stereocenters. The summed E-state index contributed by atoms with van der Waals surface area (Å²) in [6.45, 7) is 4.63. The normalized spacial score (nSPS) is 10.4. The summed E-state index contributed by atoms with van der Waals surface area (Å²) < 4.78 is 21.1. The molecule has 24 heavy (non-hydrogen) atoms. The van der Waals surface area contributed by atoms with E-state index in [4.69, 9.17) is 30.1 Å². The van der Waals surface area contributed by atoms with E-state index in [-0.39, 0.29) is 18.5 Å². The molecule has 0 atom stereocenters. The van der Waals surface area contributed by atoms with Crippen molar-refractivity contribution in [1.29, 1.82) is 0 Å². The predicted molar refractivity (Wildman–Crippen MR) is 89.4 cm³/mol. The molecule has 0 aliphatic carbocycles. The van der Waals surface area contributed by atoms with Crippen molar-refractivity contribution >= 4 is 23.1 Å². The number of aryl methyl sites for hydroxylation is 1. The highest BCUT2D eigenvalue weighted by atomic mass is 16.8. The summed E-state index contributed by atoms with van der Waals surface area (Å²) in [6, 6.07) is 5.39. The van der Waals surface area contributed by atoms with Crippen LogP contribution in [0.4, 0.5) is 4.79 Å². The Morgan fingerprint density at radius 1 is 1.33 bits per heavy atom. The van der Waals surface area contributed by atoms with Gasteiger partial charge >= 0.3 is 6.16 Å². The van der Waals surface area contributed by atoms with Crippen LogP contribution in [0.25, 0.3) is 11.0 Å². The van der Waals surface area contributed by atoms with Crippen molar-refractivity contribution in [1.82, 2.24) is 0 Å². The molecule has 130 valence electrons.